The molecule has 1 fully saturated rings. The molecule has 23 heavy (non-hydrogen) atoms. The topological polar surface area (TPSA) is 81.7 Å². The first-order chi connectivity index (χ1) is 10.8. The number of carbonyl (C=O) groups excluding carboxylic acids is 3. The van der Waals surface area contributed by atoms with Crippen LogP contribution in [0.25, 0.3) is 0 Å². The molecular formula is C17H25NO5. The summed E-state index contributed by atoms with van der Waals surface area (Å²) < 4.78 is 4.74. The smallest absolute Gasteiger partial charge is 0.317 e. The van der Waals surface area contributed by atoms with Gasteiger partial charge in [-0.1, -0.05) is 32.9 Å². The molecule has 0 amide bonds. The van der Waals surface area contributed by atoms with Crippen molar-refractivity contribution >= 4 is 17.5 Å². The Morgan fingerprint density at radius 1 is 1.48 bits per heavy atom. The van der Waals surface area contributed by atoms with Gasteiger partial charge in [0.25, 0.3) is 0 Å². The quantitative estimate of drug-likeness (QED) is 0.146. The zero-order valence-corrected chi connectivity index (χ0v) is 14.2. The van der Waals surface area contributed by atoms with Crippen molar-refractivity contribution in [3.63, 3.8) is 0 Å². The number of rotatable bonds is 7. The number of Topliss-reactive ketones (excluding diaryl/α,β-unsaturated/α-hetero) is 2. The molecule has 2 atom stereocenters. The van der Waals surface area contributed by atoms with Gasteiger partial charge >= 0.3 is 5.97 Å². The van der Waals surface area contributed by atoms with Gasteiger partial charge in [0, 0.05) is 6.42 Å². The molecule has 0 aliphatic heterocycles. The molecule has 1 saturated carbocycles. The largest absolute Gasteiger partial charge is 0.468 e. The number of ketones is 2. The summed E-state index contributed by atoms with van der Waals surface area (Å²) >= 11 is 0. The molecule has 0 spiro atoms. The van der Waals surface area contributed by atoms with Crippen molar-refractivity contribution in [2.75, 3.05) is 13.7 Å². The molecule has 0 radical (unpaired) electrons. The molecule has 1 rings (SSSR count). The van der Waals surface area contributed by atoms with E-state index in [-0.39, 0.29) is 23.8 Å². The van der Waals surface area contributed by atoms with E-state index in [0.29, 0.717) is 13.0 Å². The van der Waals surface area contributed by atoms with Crippen LogP contribution in [0.4, 0.5) is 0 Å². The summed E-state index contributed by atoms with van der Waals surface area (Å²) in [5, 5.41) is 0. The fourth-order valence-electron chi connectivity index (χ4n) is 2.63. The number of nitrogens with one attached hydrogen (secondary N) is 1. The Labute approximate surface area is 136 Å². The summed E-state index contributed by atoms with van der Waals surface area (Å²) in [7, 11) is 1.24. The summed E-state index contributed by atoms with van der Waals surface area (Å²) in [6.07, 6.45) is 3.86. The molecule has 1 aliphatic carbocycles. The fraction of sp³-hybridized carbons (Fsp3) is 0.588. The third-order valence-electron chi connectivity index (χ3n) is 3.91. The monoisotopic (exact) mass is 323 g/mol. The average molecular weight is 323 g/mol. The van der Waals surface area contributed by atoms with Crippen LogP contribution in [0.1, 0.15) is 33.6 Å². The lowest BCUT2D eigenvalue weighted by atomic mass is 9.65. The Morgan fingerprint density at radius 2 is 2.13 bits per heavy atom. The normalized spacial score (nSPS) is 23.7. The van der Waals surface area contributed by atoms with Gasteiger partial charge in [0.05, 0.1) is 25.3 Å². The molecule has 6 nitrogen and oxygen atoms in total. The predicted octanol–water partition coefficient (Wildman–Crippen LogP) is 1.76. The van der Waals surface area contributed by atoms with Gasteiger partial charge in [0.1, 0.15) is 5.92 Å². The van der Waals surface area contributed by atoms with Crippen LogP contribution in [0.15, 0.2) is 24.3 Å². The lowest BCUT2D eigenvalue weighted by Gasteiger charge is -2.35. The number of hydrogen-bond acceptors (Lipinski definition) is 6. The maximum Gasteiger partial charge on any atom is 0.317 e. The number of methoxy groups -OCH3 is 1. The fourth-order valence-corrected chi connectivity index (χ4v) is 2.63. The van der Waals surface area contributed by atoms with E-state index in [2.05, 4.69) is 12.1 Å². The second kappa shape index (κ2) is 8.17. The SMILES string of the molecule is C=CCONC(C=C1C(=O)CC(C)(C)C(C(=O)OC)C1=O)CC. The maximum absolute atomic E-state index is 12.7. The van der Waals surface area contributed by atoms with Gasteiger partial charge < -0.3 is 4.74 Å². The van der Waals surface area contributed by atoms with Gasteiger partial charge in [0.15, 0.2) is 11.6 Å². The van der Waals surface area contributed by atoms with Crippen LogP contribution in [0.2, 0.25) is 0 Å². The lowest BCUT2D eigenvalue weighted by molar-refractivity contribution is -0.155. The Hall–Kier alpha value is -1.79. The number of hydrogen-bond donors (Lipinski definition) is 1. The summed E-state index contributed by atoms with van der Waals surface area (Å²) in [6, 6.07) is -0.308. The highest BCUT2D eigenvalue weighted by Gasteiger charge is 2.49. The third-order valence-corrected chi connectivity index (χ3v) is 3.91. The number of hydroxylamine groups is 1. The second-order valence-corrected chi connectivity index (χ2v) is 6.22. The van der Waals surface area contributed by atoms with Crippen molar-refractivity contribution in [1.82, 2.24) is 5.48 Å². The van der Waals surface area contributed by atoms with Gasteiger partial charge in [-0.15, -0.1) is 6.58 Å². The Bertz CT molecular complexity index is 521. The highest BCUT2D eigenvalue weighted by molar-refractivity contribution is 6.27. The molecular weight excluding hydrogens is 298 g/mol. The van der Waals surface area contributed by atoms with E-state index in [4.69, 9.17) is 9.57 Å². The molecule has 0 saturated heterocycles. The summed E-state index contributed by atoms with van der Waals surface area (Å²) in [5.41, 5.74) is 2.06. The summed E-state index contributed by atoms with van der Waals surface area (Å²) in [4.78, 5) is 42.1. The number of carbonyl (C=O) groups is 3. The predicted molar refractivity (Wildman–Crippen MR) is 85.4 cm³/mol. The summed E-state index contributed by atoms with van der Waals surface area (Å²) in [5.74, 6) is -2.32. The first kappa shape index (κ1) is 19.3. The molecule has 0 aromatic carbocycles. The van der Waals surface area contributed by atoms with Crippen LogP contribution >= 0.6 is 0 Å². The number of allylic oxidation sites excluding steroid dienone is 1. The van der Waals surface area contributed by atoms with E-state index in [1.807, 2.05) is 6.92 Å². The maximum atomic E-state index is 12.7. The van der Waals surface area contributed by atoms with E-state index in [1.54, 1.807) is 26.0 Å². The standard InChI is InChI=1S/C17H25NO5/c1-6-8-23-18-11(7-2)9-12-13(19)10-17(3,4)14(15(12)20)16(21)22-5/h6,9,11,14,18H,1,7-8,10H2,2-5H3. The first-order valence-electron chi connectivity index (χ1n) is 7.63. The molecule has 1 aliphatic rings. The Kier molecular flexibility index (Phi) is 6.84. The second-order valence-electron chi connectivity index (χ2n) is 6.22. The van der Waals surface area contributed by atoms with Crippen LogP contribution < -0.4 is 5.48 Å². The van der Waals surface area contributed by atoms with Gasteiger partial charge in [0.2, 0.25) is 0 Å². The molecule has 0 bridgehead atoms. The number of ether oxygens (including phenoxy) is 1. The molecule has 0 aromatic heterocycles. The highest BCUT2D eigenvalue weighted by atomic mass is 16.6. The van der Waals surface area contributed by atoms with Gasteiger partial charge in [-0.05, 0) is 11.8 Å². The highest BCUT2D eigenvalue weighted by Crippen LogP contribution is 2.39. The van der Waals surface area contributed by atoms with Crippen LogP contribution in [-0.4, -0.2) is 37.3 Å². The van der Waals surface area contributed by atoms with E-state index in [0.717, 1.165) is 0 Å². The van der Waals surface area contributed by atoms with Crippen molar-refractivity contribution < 1.29 is 24.0 Å². The van der Waals surface area contributed by atoms with Crippen molar-refractivity contribution in [3.05, 3.63) is 24.3 Å². The van der Waals surface area contributed by atoms with Gasteiger partial charge in [-0.3, -0.25) is 19.2 Å². The van der Waals surface area contributed by atoms with E-state index >= 15 is 0 Å². The zero-order chi connectivity index (χ0) is 17.6. The van der Waals surface area contributed by atoms with E-state index < -0.39 is 23.1 Å². The van der Waals surface area contributed by atoms with Gasteiger partial charge in [-0.2, -0.15) is 5.48 Å². The Morgan fingerprint density at radius 3 is 2.65 bits per heavy atom. The van der Waals surface area contributed by atoms with Crippen LogP contribution in [0.5, 0.6) is 0 Å². The zero-order valence-electron chi connectivity index (χ0n) is 14.2. The Balaban J connectivity index is 3.06. The van der Waals surface area contributed by atoms with Crippen molar-refractivity contribution in [2.24, 2.45) is 11.3 Å². The van der Waals surface area contributed by atoms with Crippen molar-refractivity contribution in [2.45, 2.75) is 39.7 Å². The minimum atomic E-state index is -0.969. The van der Waals surface area contributed by atoms with Crippen molar-refractivity contribution in [1.29, 1.82) is 0 Å². The van der Waals surface area contributed by atoms with E-state index in [1.165, 1.54) is 7.11 Å². The third kappa shape index (κ3) is 4.59. The van der Waals surface area contributed by atoms with Crippen LogP contribution in [0, 0.1) is 11.3 Å². The molecule has 1 N–H and O–H groups in total. The summed E-state index contributed by atoms with van der Waals surface area (Å²) in [6.45, 7) is 9.19. The van der Waals surface area contributed by atoms with Crippen molar-refractivity contribution in [3.8, 4) is 0 Å². The van der Waals surface area contributed by atoms with Gasteiger partial charge in [-0.25, -0.2) is 0 Å². The minimum Gasteiger partial charge on any atom is -0.468 e. The molecule has 128 valence electrons. The number of esters is 1. The van der Waals surface area contributed by atoms with Crippen LogP contribution in [0.3, 0.4) is 0 Å². The van der Waals surface area contributed by atoms with E-state index in [9.17, 15) is 14.4 Å². The molecule has 0 heterocycles. The first-order valence-corrected chi connectivity index (χ1v) is 7.63. The molecule has 0 aromatic rings. The molecule has 2 unspecified atom stereocenters. The minimum absolute atomic E-state index is 0.0429. The average Bonchev–Trinajstić information content (AvgIpc) is 2.48. The lowest BCUT2D eigenvalue weighted by Crippen LogP contribution is -2.46. The van der Waals surface area contributed by atoms with Crippen LogP contribution in [-0.2, 0) is 24.0 Å². The molecule has 6 heteroatoms.